The van der Waals surface area contributed by atoms with Gasteiger partial charge in [0.2, 0.25) is 0 Å². The second kappa shape index (κ2) is 5.10. The lowest BCUT2D eigenvalue weighted by molar-refractivity contribution is 0.390. The first-order chi connectivity index (χ1) is 6.91. The van der Waals surface area contributed by atoms with Crippen LogP contribution in [0.5, 0.6) is 0 Å². The van der Waals surface area contributed by atoms with E-state index >= 15 is 0 Å². The van der Waals surface area contributed by atoms with Crippen LogP contribution in [0, 0.1) is 0 Å². The maximum Gasteiger partial charge on any atom is 0.145 e. The van der Waals surface area contributed by atoms with Gasteiger partial charge in [0.25, 0.3) is 0 Å². The monoisotopic (exact) mass is 247 g/mol. The molecule has 0 aromatic carbocycles. The third-order valence-corrected chi connectivity index (χ3v) is 2.51. The van der Waals surface area contributed by atoms with Gasteiger partial charge in [-0.3, -0.25) is 0 Å². The number of rotatable bonds is 3. The van der Waals surface area contributed by atoms with E-state index in [9.17, 15) is 0 Å². The van der Waals surface area contributed by atoms with Crippen molar-refractivity contribution >= 4 is 23.2 Å². The highest BCUT2D eigenvalue weighted by Gasteiger charge is 2.14. The molecule has 0 aliphatic rings. The molecule has 1 aromatic rings. The van der Waals surface area contributed by atoms with Crippen molar-refractivity contribution in [1.82, 2.24) is 14.9 Å². The number of hydrogen-bond donors (Lipinski definition) is 0. The summed E-state index contributed by atoms with van der Waals surface area (Å²) in [6.07, 6.45) is 0. The Morgan fingerprint density at radius 2 is 1.60 bits per heavy atom. The minimum absolute atomic E-state index is 0.235. The zero-order chi connectivity index (χ0) is 11.6. The zero-order valence-electron chi connectivity index (χ0n) is 9.38. The maximum atomic E-state index is 6.06. The molecule has 0 fully saturated rings. The molecular weight excluding hydrogens is 233 g/mol. The lowest BCUT2D eigenvalue weighted by Crippen LogP contribution is -2.14. The SMILES string of the molecule is CC(C)c1c(Cl)nc(CN(C)C)nc1Cl. The van der Waals surface area contributed by atoms with Crippen LogP contribution in [0.1, 0.15) is 31.2 Å². The summed E-state index contributed by atoms with van der Waals surface area (Å²) >= 11 is 12.1. The summed E-state index contributed by atoms with van der Waals surface area (Å²) in [7, 11) is 3.89. The molecule has 0 N–H and O–H groups in total. The van der Waals surface area contributed by atoms with E-state index < -0.39 is 0 Å². The molecule has 0 saturated carbocycles. The first-order valence-electron chi connectivity index (χ1n) is 4.78. The van der Waals surface area contributed by atoms with Crippen molar-refractivity contribution in [1.29, 1.82) is 0 Å². The first-order valence-corrected chi connectivity index (χ1v) is 5.54. The second-order valence-corrected chi connectivity index (χ2v) is 4.74. The van der Waals surface area contributed by atoms with Crippen LogP contribution in [-0.2, 0) is 6.54 Å². The number of aromatic nitrogens is 2. The Bertz CT molecular complexity index is 328. The van der Waals surface area contributed by atoms with Gasteiger partial charge in [-0.25, -0.2) is 9.97 Å². The Morgan fingerprint density at radius 1 is 1.13 bits per heavy atom. The quantitative estimate of drug-likeness (QED) is 0.770. The molecule has 0 amide bonds. The minimum Gasteiger partial charge on any atom is -0.302 e. The Hall–Kier alpha value is -0.380. The van der Waals surface area contributed by atoms with Crippen molar-refractivity contribution in [3.8, 4) is 0 Å². The fourth-order valence-electron chi connectivity index (χ4n) is 1.29. The fraction of sp³-hybridized carbons (Fsp3) is 0.600. The van der Waals surface area contributed by atoms with Crippen LogP contribution >= 0.6 is 23.2 Å². The molecule has 1 aromatic heterocycles. The van der Waals surface area contributed by atoms with E-state index in [1.807, 2.05) is 32.8 Å². The fourth-order valence-corrected chi connectivity index (χ4v) is 2.15. The smallest absolute Gasteiger partial charge is 0.145 e. The van der Waals surface area contributed by atoms with Crippen molar-refractivity contribution in [2.45, 2.75) is 26.3 Å². The molecule has 3 nitrogen and oxygen atoms in total. The summed E-state index contributed by atoms with van der Waals surface area (Å²) in [6.45, 7) is 4.67. The van der Waals surface area contributed by atoms with Gasteiger partial charge in [0.15, 0.2) is 0 Å². The van der Waals surface area contributed by atoms with Crippen LogP contribution in [0.15, 0.2) is 0 Å². The first kappa shape index (κ1) is 12.7. The normalized spacial score (nSPS) is 11.5. The minimum atomic E-state index is 0.235. The van der Waals surface area contributed by atoms with Crippen LogP contribution in [0.4, 0.5) is 0 Å². The highest BCUT2D eigenvalue weighted by Crippen LogP contribution is 2.28. The van der Waals surface area contributed by atoms with E-state index in [4.69, 9.17) is 23.2 Å². The van der Waals surface area contributed by atoms with Crippen molar-refractivity contribution in [3.05, 3.63) is 21.7 Å². The third-order valence-electron chi connectivity index (χ3n) is 1.93. The molecule has 0 unspecified atom stereocenters. The highest BCUT2D eigenvalue weighted by atomic mass is 35.5. The molecular formula is C10H15Cl2N3. The van der Waals surface area contributed by atoms with Gasteiger partial charge >= 0.3 is 0 Å². The van der Waals surface area contributed by atoms with Crippen molar-refractivity contribution in [2.24, 2.45) is 0 Å². The van der Waals surface area contributed by atoms with E-state index in [1.165, 1.54) is 0 Å². The largest absolute Gasteiger partial charge is 0.302 e. The maximum absolute atomic E-state index is 6.06. The highest BCUT2D eigenvalue weighted by molar-refractivity contribution is 6.34. The Kier molecular flexibility index (Phi) is 4.32. The predicted octanol–water partition coefficient (Wildman–Crippen LogP) is 2.97. The Balaban J connectivity index is 3.08. The van der Waals surface area contributed by atoms with Crippen molar-refractivity contribution in [2.75, 3.05) is 14.1 Å². The number of hydrogen-bond acceptors (Lipinski definition) is 3. The van der Waals surface area contributed by atoms with Gasteiger partial charge in [-0.2, -0.15) is 0 Å². The van der Waals surface area contributed by atoms with Gasteiger partial charge in [-0.15, -0.1) is 0 Å². The summed E-state index contributed by atoms with van der Waals surface area (Å²) in [6, 6.07) is 0. The third kappa shape index (κ3) is 3.30. The molecule has 1 rings (SSSR count). The van der Waals surface area contributed by atoms with Gasteiger partial charge in [-0.1, -0.05) is 37.0 Å². The van der Waals surface area contributed by atoms with E-state index in [1.54, 1.807) is 0 Å². The van der Waals surface area contributed by atoms with Crippen LogP contribution in [0.2, 0.25) is 10.3 Å². The molecule has 5 heteroatoms. The average Bonchev–Trinajstić information content (AvgIpc) is 1.99. The number of halogens is 2. The summed E-state index contributed by atoms with van der Waals surface area (Å²) < 4.78 is 0. The van der Waals surface area contributed by atoms with Crippen molar-refractivity contribution < 1.29 is 0 Å². The summed E-state index contributed by atoms with van der Waals surface area (Å²) in [5.74, 6) is 0.887. The zero-order valence-corrected chi connectivity index (χ0v) is 10.9. The molecule has 0 spiro atoms. The van der Waals surface area contributed by atoms with Gasteiger partial charge in [0.1, 0.15) is 16.1 Å². The van der Waals surface area contributed by atoms with E-state index in [0.717, 1.165) is 5.56 Å². The Labute approximate surface area is 100 Å². The average molecular weight is 248 g/mol. The summed E-state index contributed by atoms with van der Waals surface area (Å²) in [4.78, 5) is 10.4. The lowest BCUT2D eigenvalue weighted by Gasteiger charge is -2.13. The molecule has 1 heterocycles. The van der Waals surface area contributed by atoms with Crippen LogP contribution in [-0.4, -0.2) is 29.0 Å². The van der Waals surface area contributed by atoms with Gasteiger partial charge in [0.05, 0.1) is 6.54 Å². The standard InChI is InChI=1S/C10H15Cl2N3/c1-6(2)8-9(11)13-7(5-15(3)4)14-10(8)12/h6H,5H2,1-4H3. The Morgan fingerprint density at radius 3 is 1.93 bits per heavy atom. The molecule has 0 atom stereocenters. The van der Waals surface area contributed by atoms with Gasteiger partial charge in [0, 0.05) is 5.56 Å². The second-order valence-electron chi connectivity index (χ2n) is 4.03. The van der Waals surface area contributed by atoms with E-state index in [0.29, 0.717) is 22.7 Å². The van der Waals surface area contributed by atoms with Gasteiger partial charge in [-0.05, 0) is 20.0 Å². The molecule has 0 saturated heterocycles. The van der Waals surface area contributed by atoms with E-state index in [2.05, 4.69) is 9.97 Å². The lowest BCUT2D eigenvalue weighted by atomic mass is 10.1. The summed E-state index contributed by atoms with van der Waals surface area (Å²) in [5.41, 5.74) is 0.820. The van der Waals surface area contributed by atoms with Crippen LogP contribution in [0.3, 0.4) is 0 Å². The molecule has 84 valence electrons. The van der Waals surface area contributed by atoms with Crippen LogP contribution < -0.4 is 0 Å². The van der Waals surface area contributed by atoms with Crippen LogP contribution in [0.25, 0.3) is 0 Å². The number of nitrogens with zero attached hydrogens (tertiary/aromatic N) is 3. The molecule has 0 aliphatic heterocycles. The predicted molar refractivity (Wildman–Crippen MR) is 63.5 cm³/mol. The van der Waals surface area contributed by atoms with E-state index in [-0.39, 0.29) is 5.92 Å². The molecule has 0 bridgehead atoms. The molecule has 0 aliphatic carbocycles. The molecule has 0 radical (unpaired) electrons. The van der Waals surface area contributed by atoms with Crippen molar-refractivity contribution in [3.63, 3.8) is 0 Å². The summed E-state index contributed by atoms with van der Waals surface area (Å²) in [5, 5.41) is 0.920. The van der Waals surface area contributed by atoms with Gasteiger partial charge < -0.3 is 4.90 Å². The molecule has 15 heavy (non-hydrogen) atoms. The topological polar surface area (TPSA) is 29.0 Å².